The van der Waals surface area contributed by atoms with E-state index in [9.17, 15) is 14.4 Å². The number of para-hydroxylation sites is 3. The molecule has 2 aromatic rings. The zero-order valence-corrected chi connectivity index (χ0v) is 17.0. The van der Waals surface area contributed by atoms with Gasteiger partial charge in [0.1, 0.15) is 6.54 Å². The SMILES string of the molecule is O=C(CN1C(=O)[C@H]2[C@H](C1=O)[C@H]1C=C[C@H]2C1)Nc1ccccc1N1CCc2ccccc21. The van der Waals surface area contributed by atoms with Crippen LogP contribution in [-0.2, 0) is 20.8 Å². The summed E-state index contributed by atoms with van der Waals surface area (Å²) in [6, 6.07) is 15.9. The second-order valence-electron chi connectivity index (χ2n) is 8.86. The van der Waals surface area contributed by atoms with Crippen LogP contribution in [-0.4, -0.2) is 35.7 Å². The average molecular weight is 413 g/mol. The third-order valence-electron chi connectivity index (χ3n) is 7.22. The smallest absolute Gasteiger partial charge is 0.244 e. The monoisotopic (exact) mass is 413 g/mol. The molecule has 2 aromatic carbocycles. The van der Waals surface area contributed by atoms with E-state index in [1.54, 1.807) is 0 Å². The highest BCUT2D eigenvalue weighted by Gasteiger charge is 2.59. The van der Waals surface area contributed by atoms with Gasteiger partial charge in [-0.3, -0.25) is 19.3 Å². The van der Waals surface area contributed by atoms with E-state index in [0.29, 0.717) is 5.69 Å². The average Bonchev–Trinajstić information content (AvgIpc) is 3.54. The summed E-state index contributed by atoms with van der Waals surface area (Å²) in [6.07, 6.45) is 5.96. The molecular formula is C25H23N3O3. The minimum atomic E-state index is -0.345. The molecular weight excluding hydrogens is 390 g/mol. The van der Waals surface area contributed by atoms with Crippen LogP contribution < -0.4 is 10.2 Å². The fourth-order valence-corrected chi connectivity index (χ4v) is 5.86. The zero-order chi connectivity index (χ0) is 21.1. The number of imide groups is 1. The summed E-state index contributed by atoms with van der Waals surface area (Å²) in [5.74, 6) is -0.979. The molecule has 4 aliphatic rings. The summed E-state index contributed by atoms with van der Waals surface area (Å²) in [4.78, 5) is 42.0. The first-order valence-electron chi connectivity index (χ1n) is 10.9. The number of hydrogen-bond acceptors (Lipinski definition) is 4. The number of amides is 3. The molecule has 0 radical (unpaired) electrons. The first kappa shape index (κ1) is 18.4. The number of likely N-dealkylation sites (tertiary alicyclic amines) is 1. The van der Waals surface area contributed by atoms with Crippen LogP contribution in [0.15, 0.2) is 60.7 Å². The Balaban J connectivity index is 1.21. The molecule has 0 unspecified atom stereocenters. The lowest BCUT2D eigenvalue weighted by Gasteiger charge is -2.23. The van der Waals surface area contributed by atoms with Crippen LogP contribution in [0, 0.1) is 23.7 Å². The predicted molar refractivity (Wildman–Crippen MR) is 117 cm³/mol. The molecule has 0 spiro atoms. The second kappa shape index (κ2) is 6.80. The van der Waals surface area contributed by atoms with Gasteiger partial charge in [0.2, 0.25) is 17.7 Å². The number of carbonyl (C=O) groups excluding carboxylic acids is 3. The van der Waals surface area contributed by atoms with Crippen molar-refractivity contribution in [1.82, 2.24) is 4.90 Å². The Labute approximate surface area is 180 Å². The molecule has 2 aliphatic heterocycles. The summed E-state index contributed by atoms with van der Waals surface area (Å²) in [5, 5.41) is 2.95. The maximum atomic E-state index is 12.9. The summed E-state index contributed by atoms with van der Waals surface area (Å²) in [5.41, 5.74) is 4.03. The third-order valence-corrected chi connectivity index (χ3v) is 7.22. The van der Waals surface area contributed by atoms with Crippen LogP contribution in [0.5, 0.6) is 0 Å². The van der Waals surface area contributed by atoms with Gasteiger partial charge in [-0.15, -0.1) is 0 Å². The molecule has 156 valence electrons. The van der Waals surface area contributed by atoms with Crippen molar-refractivity contribution in [3.05, 3.63) is 66.2 Å². The Bertz CT molecular complexity index is 1110. The molecule has 4 atom stereocenters. The second-order valence-corrected chi connectivity index (χ2v) is 8.86. The predicted octanol–water partition coefficient (Wildman–Crippen LogP) is 3.13. The highest BCUT2D eigenvalue weighted by molar-refractivity contribution is 6.10. The van der Waals surface area contributed by atoms with Crippen LogP contribution in [0.4, 0.5) is 17.1 Å². The molecule has 31 heavy (non-hydrogen) atoms. The minimum absolute atomic E-state index is 0.149. The molecule has 6 rings (SSSR count). The van der Waals surface area contributed by atoms with Gasteiger partial charge in [0.05, 0.1) is 23.2 Å². The molecule has 2 bridgehead atoms. The number of benzene rings is 2. The maximum Gasteiger partial charge on any atom is 0.244 e. The topological polar surface area (TPSA) is 69.7 Å². The Morgan fingerprint density at radius 2 is 1.55 bits per heavy atom. The number of nitrogens with one attached hydrogen (secondary N) is 1. The van der Waals surface area contributed by atoms with Gasteiger partial charge < -0.3 is 10.2 Å². The van der Waals surface area contributed by atoms with Crippen LogP contribution in [0.2, 0.25) is 0 Å². The normalized spacial score (nSPS) is 27.7. The Morgan fingerprint density at radius 1 is 0.903 bits per heavy atom. The van der Waals surface area contributed by atoms with Crippen molar-refractivity contribution in [2.45, 2.75) is 12.8 Å². The highest BCUT2D eigenvalue weighted by atomic mass is 16.2. The van der Waals surface area contributed by atoms with E-state index in [1.807, 2.05) is 36.4 Å². The summed E-state index contributed by atoms with van der Waals surface area (Å²) < 4.78 is 0. The number of fused-ring (bicyclic) bond motifs is 6. The summed E-state index contributed by atoms with van der Waals surface area (Å²) in [6.45, 7) is 0.615. The molecule has 0 aromatic heterocycles. The van der Waals surface area contributed by atoms with Gasteiger partial charge in [0.15, 0.2) is 0 Å². The Kier molecular flexibility index (Phi) is 4.03. The van der Waals surface area contributed by atoms with Crippen molar-refractivity contribution in [2.75, 3.05) is 23.3 Å². The summed E-state index contributed by atoms with van der Waals surface area (Å²) in [7, 11) is 0. The van der Waals surface area contributed by atoms with Crippen LogP contribution >= 0.6 is 0 Å². The van der Waals surface area contributed by atoms with E-state index in [4.69, 9.17) is 0 Å². The lowest BCUT2D eigenvalue weighted by Crippen LogP contribution is -2.39. The number of allylic oxidation sites excluding steroid dienone is 2. The first-order chi connectivity index (χ1) is 15.1. The highest BCUT2D eigenvalue weighted by Crippen LogP contribution is 2.52. The van der Waals surface area contributed by atoms with Crippen molar-refractivity contribution in [2.24, 2.45) is 23.7 Å². The van der Waals surface area contributed by atoms with E-state index in [-0.39, 0.29) is 47.9 Å². The van der Waals surface area contributed by atoms with Crippen molar-refractivity contribution >= 4 is 34.8 Å². The Hall–Kier alpha value is -3.41. The van der Waals surface area contributed by atoms with Crippen molar-refractivity contribution in [3.8, 4) is 0 Å². The molecule has 6 heteroatoms. The first-order valence-corrected chi connectivity index (χ1v) is 10.9. The molecule has 1 N–H and O–H groups in total. The lowest BCUT2D eigenvalue weighted by atomic mass is 9.85. The van der Waals surface area contributed by atoms with E-state index >= 15 is 0 Å². The van der Waals surface area contributed by atoms with Gasteiger partial charge in [-0.25, -0.2) is 0 Å². The molecule has 1 saturated carbocycles. The van der Waals surface area contributed by atoms with Crippen LogP contribution in [0.25, 0.3) is 0 Å². The largest absolute Gasteiger partial charge is 0.339 e. The van der Waals surface area contributed by atoms with Gasteiger partial charge in [-0.05, 0) is 48.4 Å². The van der Waals surface area contributed by atoms with E-state index in [1.165, 1.54) is 10.5 Å². The van der Waals surface area contributed by atoms with Gasteiger partial charge in [-0.2, -0.15) is 0 Å². The lowest BCUT2D eigenvalue weighted by molar-refractivity contribution is -0.143. The maximum absolute atomic E-state index is 12.9. The fraction of sp³-hybridized carbons (Fsp3) is 0.320. The van der Waals surface area contributed by atoms with E-state index in [0.717, 1.165) is 30.8 Å². The summed E-state index contributed by atoms with van der Waals surface area (Å²) >= 11 is 0. The quantitative estimate of drug-likeness (QED) is 0.618. The molecule has 2 aliphatic carbocycles. The molecule has 2 heterocycles. The number of rotatable bonds is 4. The van der Waals surface area contributed by atoms with Crippen molar-refractivity contribution in [1.29, 1.82) is 0 Å². The van der Waals surface area contributed by atoms with Crippen molar-refractivity contribution < 1.29 is 14.4 Å². The third kappa shape index (κ3) is 2.74. The van der Waals surface area contributed by atoms with Gasteiger partial charge in [0, 0.05) is 12.2 Å². The van der Waals surface area contributed by atoms with Gasteiger partial charge >= 0.3 is 0 Å². The molecule has 6 nitrogen and oxygen atoms in total. The zero-order valence-electron chi connectivity index (χ0n) is 17.0. The van der Waals surface area contributed by atoms with Gasteiger partial charge in [-0.1, -0.05) is 42.5 Å². The minimum Gasteiger partial charge on any atom is -0.339 e. The molecule has 2 fully saturated rings. The van der Waals surface area contributed by atoms with Crippen molar-refractivity contribution in [3.63, 3.8) is 0 Å². The molecule has 3 amide bonds. The molecule has 1 saturated heterocycles. The Morgan fingerprint density at radius 3 is 2.29 bits per heavy atom. The number of anilines is 3. The number of hydrogen-bond donors (Lipinski definition) is 1. The fourth-order valence-electron chi connectivity index (χ4n) is 5.86. The van der Waals surface area contributed by atoms with Crippen LogP contribution in [0.1, 0.15) is 12.0 Å². The number of carbonyl (C=O) groups is 3. The van der Waals surface area contributed by atoms with Gasteiger partial charge in [0.25, 0.3) is 0 Å². The van der Waals surface area contributed by atoms with E-state index in [2.05, 4.69) is 34.5 Å². The van der Waals surface area contributed by atoms with Crippen LogP contribution in [0.3, 0.4) is 0 Å². The standard InChI is InChI=1S/C25H23N3O3/c29-21(14-28-24(30)22-16-9-10-17(13-16)23(22)25(28)31)26-18-6-2-4-8-20(18)27-12-11-15-5-1-3-7-19(15)27/h1-10,16-17,22-23H,11-14H2,(H,26,29)/t16-,17-,22+,23+/m0/s1. The number of nitrogens with zero attached hydrogens (tertiary/aromatic N) is 2. The van der Waals surface area contributed by atoms with E-state index < -0.39 is 0 Å².